The van der Waals surface area contributed by atoms with Crippen LogP contribution in [0.4, 0.5) is 5.69 Å². The third kappa shape index (κ3) is 4.67. The summed E-state index contributed by atoms with van der Waals surface area (Å²) in [6.07, 6.45) is 3.56. The highest BCUT2D eigenvalue weighted by molar-refractivity contribution is 5.46. The van der Waals surface area contributed by atoms with Crippen molar-refractivity contribution < 1.29 is 0 Å². The van der Waals surface area contributed by atoms with Crippen LogP contribution >= 0.6 is 0 Å². The van der Waals surface area contributed by atoms with Crippen molar-refractivity contribution in [1.29, 1.82) is 0 Å². The third-order valence-electron chi connectivity index (χ3n) is 3.29. The van der Waals surface area contributed by atoms with Gasteiger partial charge in [0, 0.05) is 25.8 Å². The van der Waals surface area contributed by atoms with Gasteiger partial charge < -0.3 is 4.90 Å². The molecule has 0 heterocycles. The lowest BCUT2D eigenvalue weighted by Crippen LogP contribution is -2.28. The van der Waals surface area contributed by atoms with E-state index in [9.17, 15) is 0 Å². The van der Waals surface area contributed by atoms with Gasteiger partial charge in [-0.3, -0.25) is 11.3 Å². The number of nitrogens with two attached hydrogens (primary N) is 1. The Labute approximate surface area is 111 Å². The van der Waals surface area contributed by atoms with Crippen molar-refractivity contribution in [3.05, 3.63) is 29.8 Å². The van der Waals surface area contributed by atoms with Crippen LogP contribution in [0.15, 0.2) is 24.3 Å². The molecule has 0 spiro atoms. The smallest absolute Gasteiger partial charge is 0.0460 e. The Morgan fingerprint density at radius 3 is 2.17 bits per heavy atom. The van der Waals surface area contributed by atoms with E-state index in [1.807, 2.05) is 0 Å². The Morgan fingerprint density at radius 1 is 1.11 bits per heavy atom. The summed E-state index contributed by atoms with van der Waals surface area (Å²) in [7, 11) is 4.10. The maximum absolute atomic E-state index is 5.66. The molecule has 0 saturated heterocycles. The maximum Gasteiger partial charge on any atom is 0.0460 e. The summed E-state index contributed by atoms with van der Waals surface area (Å²) in [6, 6.07) is 8.87. The number of anilines is 1. The van der Waals surface area contributed by atoms with E-state index in [0.29, 0.717) is 0 Å². The number of benzene rings is 1. The topological polar surface area (TPSA) is 41.3 Å². The van der Waals surface area contributed by atoms with E-state index >= 15 is 0 Å². The molecule has 102 valence electrons. The lowest BCUT2D eigenvalue weighted by molar-refractivity contribution is 0.455. The highest BCUT2D eigenvalue weighted by Gasteiger charge is 2.09. The first-order chi connectivity index (χ1) is 8.54. The molecule has 0 aliphatic heterocycles. The second-order valence-corrected chi connectivity index (χ2v) is 5.53. The number of hydrazine groups is 1. The minimum atomic E-state index is 0.264. The minimum absolute atomic E-state index is 0.264. The predicted octanol–water partition coefficient (Wildman–Crippen LogP) is 3.08. The van der Waals surface area contributed by atoms with Crippen LogP contribution in [0.25, 0.3) is 0 Å². The predicted molar refractivity (Wildman–Crippen MR) is 79.5 cm³/mol. The first-order valence-electron chi connectivity index (χ1n) is 6.78. The van der Waals surface area contributed by atoms with Gasteiger partial charge >= 0.3 is 0 Å². The highest BCUT2D eigenvalue weighted by atomic mass is 15.2. The van der Waals surface area contributed by atoms with E-state index in [2.05, 4.69) is 62.5 Å². The molecule has 0 aromatic heterocycles. The van der Waals surface area contributed by atoms with Crippen molar-refractivity contribution in [2.45, 2.75) is 39.2 Å². The van der Waals surface area contributed by atoms with Gasteiger partial charge in [0.05, 0.1) is 0 Å². The van der Waals surface area contributed by atoms with Crippen molar-refractivity contribution in [2.75, 3.05) is 19.0 Å². The van der Waals surface area contributed by atoms with Crippen LogP contribution in [-0.4, -0.2) is 14.1 Å². The summed E-state index contributed by atoms with van der Waals surface area (Å²) < 4.78 is 0. The summed E-state index contributed by atoms with van der Waals surface area (Å²) in [4.78, 5) is 2.10. The molecule has 0 amide bonds. The van der Waals surface area contributed by atoms with Gasteiger partial charge in [0.25, 0.3) is 0 Å². The number of hydrogen-bond donors (Lipinski definition) is 2. The molecule has 1 unspecified atom stereocenters. The van der Waals surface area contributed by atoms with Gasteiger partial charge in [0.15, 0.2) is 0 Å². The van der Waals surface area contributed by atoms with Crippen LogP contribution in [0.2, 0.25) is 0 Å². The van der Waals surface area contributed by atoms with Gasteiger partial charge in [-0.1, -0.05) is 38.8 Å². The van der Waals surface area contributed by atoms with Crippen LogP contribution in [0, 0.1) is 5.92 Å². The molecule has 1 rings (SSSR count). The van der Waals surface area contributed by atoms with Crippen molar-refractivity contribution >= 4 is 5.69 Å². The van der Waals surface area contributed by atoms with Gasteiger partial charge in [0.1, 0.15) is 0 Å². The number of rotatable bonds is 7. The van der Waals surface area contributed by atoms with Crippen LogP contribution < -0.4 is 16.2 Å². The van der Waals surface area contributed by atoms with Crippen molar-refractivity contribution in [2.24, 2.45) is 11.8 Å². The molecule has 0 fully saturated rings. The van der Waals surface area contributed by atoms with Crippen LogP contribution in [0.1, 0.15) is 44.7 Å². The second kappa shape index (κ2) is 7.39. The standard InChI is InChI=1S/C15H27N3/c1-12(2)6-5-7-15(17-16)13-8-10-14(11-9-13)18(3)4/h8-12,15,17H,5-7,16H2,1-4H3. The monoisotopic (exact) mass is 249 g/mol. The Morgan fingerprint density at radius 2 is 1.72 bits per heavy atom. The molecular weight excluding hydrogens is 222 g/mol. The Bertz CT molecular complexity index is 330. The van der Waals surface area contributed by atoms with Crippen molar-refractivity contribution in [3.8, 4) is 0 Å². The Balaban J connectivity index is 2.58. The largest absolute Gasteiger partial charge is 0.378 e. The average Bonchev–Trinajstić information content (AvgIpc) is 2.34. The summed E-state index contributed by atoms with van der Waals surface area (Å²) in [5.74, 6) is 6.42. The molecule has 1 aromatic rings. The van der Waals surface area contributed by atoms with Crippen LogP contribution in [0.5, 0.6) is 0 Å². The quantitative estimate of drug-likeness (QED) is 0.576. The van der Waals surface area contributed by atoms with Gasteiger partial charge in [-0.15, -0.1) is 0 Å². The van der Waals surface area contributed by atoms with E-state index in [1.165, 1.54) is 24.1 Å². The van der Waals surface area contributed by atoms with E-state index in [4.69, 9.17) is 5.84 Å². The van der Waals surface area contributed by atoms with E-state index in [-0.39, 0.29) is 6.04 Å². The van der Waals surface area contributed by atoms with Crippen LogP contribution in [0.3, 0.4) is 0 Å². The Kier molecular flexibility index (Phi) is 6.16. The zero-order chi connectivity index (χ0) is 13.5. The molecule has 0 bridgehead atoms. The SMILES string of the molecule is CC(C)CCCC(NN)c1ccc(N(C)C)cc1. The Hall–Kier alpha value is -1.06. The molecule has 0 radical (unpaired) electrons. The first-order valence-corrected chi connectivity index (χ1v) is 6.78. The molecule has 3 heteroatoms. The number of nitrogens with one attached hydrogen (secondary N) is 1. The van der Waals surface area contributed by atoms with Gasteiger partial charge in [0.2, 0.25) is 0 Å². The second-order valence-electron chi connectivity index (χ2n) is 5.53. The summed E-state index contributed by atoms with van der Waals surface area (Å²) in [5, 5.41) is 0. The lowest BCUT2D eigenvalue weighted by Gasteiger charge is -2.18. The molecule has 0 saturated carbocycles. The van der Waals surface area contributed by atoms with Crippen molar-refractivity contribution in [3.63, 3.8) is 0 Å². The summed E-state index contributed by atoms with van der Waals surface area (Å²) >= 11 is 0. The van der Waals surface area contributed by atoms with Gasteiger partial charge in [-0.2, -0.15) is 0 Å². The normalized spacial score (nSPS) is 12.8. The number of hydrogen-bond acceptors (Lipinski definition) is 3. The lowest BCUT2D eigenvalue weighted by atomic mass is 9.98. The molecular formula is C15H27N3. The number of nitrogens with zero attached hydrogens (tertiary/aromatic N) is 1. The zero-order valence-corrected chi connectivity index (χ0v) is 12.1. The molecule has 3 N–H and O–H groups in total. The zero-order valence-electron chi connectivity index (χ0n) is 12.1. The fraction of sp³-hybridized carbons (Fsp3) is 0.600. The maximum atomic E-state index is 5.66. The van der Waals surface area contributed by atoms with E-state index in [0.717, 1.165) is 12.3 Å². The van der Waals surface area contributed by atoms with Crippen molar-refractivity contribution in [1.82, 2.24) is 5.43 Å². The molecule has 0 aliphatic rings. The average molecular weight is 249 g/mol. The first kappa shape index (κ1) is 15.0. The van der Waals surface area contributed by atoms with Gasteiger partial charge in [-0.05, 0) is 30.0 Å². The minimum Gasteiger partial charge on any atom is -0.378 e. The molecule has 18 heavy (non-hydrogen) atoms. The molecule has 1 atom stereocenters. The highest BCUT2D eigenvalue weighted by Crippen LogP contribution is 2.22. The summed E-state index contributed by atoms with van der Waals surface area (Å²) in [6.45, 7) is 4.52. The van der Waals surface area contributed by atoms with Crippen LogP contribution in [-0.2, 0) is 0 Å². The molecule has 1 aromatic carbocycles. The molecule has 3 nitrogen and oxygen atoms in total. The fourth-order valence-corrected chi connectivity index (χ4v) is 2.08. The molecule has 0 aliphatic carbocycles. The van der Waals surface area contributed by atoms with Gasteiger partial charge in [-0.25, -0.2) is 0 Å². The van der Waals surface area contributed by atoms with E-state index < -0.39 is 0 Å². The fourth-order valence-electron chi connectivity index (χ4n) is 2.08. The van der Waals surface area contributed by atoms with E-state index in [1.54, 1.807) is 0 Å². The third-order valence-corrected chi connectivity index (χ3v) is 3.29. The summed E-state index contributed by atoms with van der Waals surface area (Å²) in [5.41, 5.74) is 5.42.